The van der Waals surface area contributed by atoms with E-state index < -0.39 is 5.97 Å². The van der Waals surface area contributed by atoms with E-state index in [0.29, 0.717) is 22.5 Å². The van der Waals surface area contributed by atoms with Gasteiger partial charge in [-0.25, -0.2) is 9.78 Å². The highest BCUT2D eigenvalue weighted by Crippen LogP contribution is 2.20. The predicted octanol–water partition coefficient (Wildman–Crippen LogP) is 2.42. The van der Waals surface area contributed by atoms with Gasteiger partial charge in [0.05, 0.1) is 23.8 Å². The van der Waals surface area contributed by atoms with Crippen molar-refractivity contribution in [2.75, 3.05) is 13.7 Å². The highest BCUT2D eigenvalue weighted by atomic mass is 79.9. The minimum atomic E-state index is -0.411. The van der Waals surface area contributed by atoms with Crippen molar-refractivity contribution in [1.29, 1.82) is 0 Å². The zero-order valence-corrected chi connectivity index (χ0v) is 10.2. The lowest BCUT2D eigenvalue weighted by Gasteiger charge is -2.06. The molecule has 0 N–H and O–H groups in total. The molecule has 0 saturated carbocycles. The third kappa shape index (κ3) is 3.20. The van der Waals surface area contributed by atoms with Gasteiger partial charge in [-0.05, 0) is 22.4 Å². The number of halogens is 1. The maximum Gasteiger partial charge on any atom is 0.339 e. The number of ether oxygens (including phenoxy) is 2. The van der Waals surface area contributed by atoms with Crippen molar-refractivity contribution in [3.63, 3.8) is 0 Å². The zero-order valence-electron chi connectivity index (χ0n) is 8.62. The monoisotopic (exact) mass is 273 g/mol. The van der Waals surface area contributed by atoms with Gasteiger partial charge in [0.2, 0.25) is 5.88 Å². The molecule has 0 fully saturated rings. The number of pyridine rings is 1. The fourth-order valence-corrected chi connectivity index (χ4v) is 1.35. The highest BCUT2D eigenvalue weighted by Gasteiger charge is 2.12. The standard InChI is InChI=1S/C10H12BrNO3/c1-3-4-15-9-5-7(10(13)14-2)8(11)6-12-9/h5-6H,3-4H2,1-2H3. The van der Waals surface area contributed by atoms with E-state index in [4.69, 9.17) is 4.74 Å². The first-order chi connectivity index (χ1) is 7.19. The van der Waals surface area contributed by atoms with E-state index in [2.05, 4.69) is 25.7 Å². The van der Waals surface area contributed by atoms with Crippen LogP contribution in [0.2, 0.25) is 0 Å². The molecule has 15 heavy (non-hydrogen) atoms. The maximum atomic E-state index is 11.3. The summed E-state index contributed by atoms with van der Waals surface area (Å²) in [6.07, 6.45) is 2.42. The van der Waals surface area contributed by atoms with E-state index in [-0.39, 0.29) is 0 Å². The second kappa shape index (κ2) is 5.70. The molecule has 82 valence electrons. The minimum absolute atomic E-state index is 0.411. The molecule has 0 aliphatic carbocycles. The lowest BCUT2D eigenvalue weighted by Crippen LogP contribution is -2.05. The fraction of sp³-hybridized carbons (Fsp3) is 0.400. The summed E-state index contributed by atoms with van der Waals surface area (Å²) in [6, 6.07) is 1.56. The first-order valence-corrected chi connectivity index (χ1v) is 5.35. The van der Waals surface area contributed by atoms with Crippen LogP contribution in [-0.2, 0) is 4.74 Å². The Kier molecular flexibility index (Phi) is 4.55. The third-order valence-corrected chi connectivity index (χ3v) is 2.32. The molecule has 0 saturated heterocycles. The van der Waals surface area contributed by atoms with Crippen LogP contribution in [0.4, 0.5) is 0 Å². The number of nitrogens with zero attached hydrogens (tertiary/aromatic N) is 1. The van der Waals surface area contributed by atoms with E-state index in [1.54, 1.807) is 6.07 Å². The summed E-state index contributed by atoms with van der Waals surface area (Å²) in [5.41, 5.74) is 0.415. The number of esters is 1. The Morgan fingerprint density at radius 3 is 2.93 bits per heavy atom. The number of carbonyl (C=O) groups excluding carboxylic acids is 1. The van der Waals surface area contributed by atoms with Crippen LogP contribution in [0.3, 0.4) is 0 Å². The Bertz CT molecular complexity index is 355. The number of hydrogen-bond donors (Lipinski definition) is 0. The molecule has 0 amide bonds. The van der Waals surface area contributed by atoms with E-state index in [1.807, 2.05) is 6.92 Å². The zero-order chi connectivity index (χ0) is 11.3. The van der Waals surface area contributed by atoms with Gasteiger partial charge in [-0.1, -0.05) is 6.92 Å². The van der Waals surface area contributed by atoms with Crippen LogP contribution in [-0.4, -0.2) is 24.7 Å². The van der Waals surface area contributed by atoms with Crippen LogP contribution in [0.5, 0.6) is 5.88 Å². The van der Waals surface area contributed by atoms with Crippen LogP contribution < -0.4 is 4.74 Å². The second-order valence-corrected chi connectivity index (χ2v) is 3.70. The SMILES string of the molecule is CCCOc1cc(C(=O)OC)c(Br)cn1. The second-order valence-electron chi connectivity index (χ2n) is 2.84. The normalized spacial score (nSPS) is 9.80. The van der Waals surface area contributed by atoms with Gasteiger partial charge in [-0.2, -0.15) is 0 Å². The highest BCUT2D eigenvalue weighted by molar-refractivity contribution is 9.10. The van der Waals surface area contributed by atoms with Crippen LogP contribution in [0.1, 0.15) is 23.7 Å². The van der Waals surface area contributed by atoms with E-state index in [1.165, 1.54) is 13.3 Å². The minimum Gasteiger partial charge on any atom is -0.478 e. The average Bonchev–Trinajstić information content (AvgIpc) is 2.27. The number of rotatable bonds is 4. The summed E-state index contributed by atoms with van der Waals surface area (Å²) in [7, 11) is 1.34. The van der Waals surface area contributed by atoms with Crippen LogP contribution in [0, 0.1) is 0 Å². The van der Waals surface area contributed by atoms with Crippen molar-refractivity contribution in [1.82, 2.24) is 4.98 Å². The molecule has 1 aromatic heterocycles. The number of methoxy groups -OCH3 is 1. The summed E-state index contributed by atoms with van der Waals surface area (Å²) in [4.78, 5) is 15.3. The maximum absolute atomic E-state index is 11.3. The van der Waals surface area contributed by atoms with Crippen LogP contribution >= 0.6 is 15.9 Å². The van der Waals surface area contributed by atoms with Gasteiger partial charge in [0.25, 0.3) is 0 Å². The molecule has 0 radical (unpaired) electrons. The molecule has 0 unspecified atom stereocenters. The molecule has 0 aromatic carbocycles. The van der Waals surface area contributed by atoms with E-state index in [0.717, 1.165) is 6.42 Å². The number of carbonyl (C=O) groups is 1. The van der Waals surface area contributed by atoms with Crippen molar-refractivity contribution in [3.8, 4) is 5.88 Å². The molecule has 0 spiro atoms. The number of hydrogen-bond acceptors (Lipinski definition) is 4. The first kappa shape index (κ1) is 12.0. The summed E-state index contributed by atoms with van der Waals surface area (Å²) in [6.45, 7) is 2.58. The van der Waals surface area contributed by atoms with Crippen molar-refractivity contribution in [3.05, 3.63) is 22.3 Å². The molecular formula is C10H12BrNO3. The molecule has 4 nitrogen and oxygen atoms in total. The fourth-order valence-electron chi connectivity index (χ4n) is 0.971. The summed E-state index contributed by atoms with van der Waals surface area (Å²) in [5, 5.41) is 0. The Hall–Kier alpha value is -1.10. The molecule has 1 rings (SSSR count). The van der Waals surface area contributed by atoms with Gasteiger partial charge in [0, 0.05) is 12.3 Å². The first-order valence-electron chi connectivity index (χ1n) is 4.55. The van der Waals surface area contributed by atoms with Crippen LogP contribution in [0.25, 0.3) is 0 Å². The molecule has 1 aromatic rings. The van der Waals surface area contributed by atoms with Crippen molar-refractivity contribution in [2.45, 2.75) is 13.3 Å². The molecular weight excluding hydrogens is 262 g/mol. The average molecular weight is 274 g/mol. The summed E-state index contributed by atoms with van der Waals surface area (Å²) < 4.78 is 10.5. The molecule has 1 heterocycles. The van der Waals surface area contributed by atoms with E-state index in [9.17, 15) is 4.79 Å². The van der Waals surface area contributed by atoms with E-state index >= 15 is 0 Å². The lowest BCUT2D eigenvalue weighted by molar-refractivity contribution is 0.0599. The Morgan fingerprint density at radius 2 is 2.33 bits per heavy atom. The molecule has 0 aliphatic heterocycles. The largest absolute Gasteiger partial charge is 0.478 e. The molecule has 0 aliphatic rings. The van der Waals surface area contributed by atoms with Gasteiger partial charge in [-0.3, -0.25) is 0 Å². The van der Waals surface area contributed by atoms with Gasteiger partial charge in [-0.15, -0.1) is 0 Å². The smallest absolute Gasteiger partial charge is 0.339 e. The van der Waals surface area contributed by atoms with Gasteiger partial charge in [0.1, 0.15) is 0 Å². The van der Waals surface area contributed by atoms with Crippen molar-refractivity contribution >= 4 is 21.9 Å². The van der Waals surface area contributed by atoms with Crippen molar-refractivity contribution in [2.24, 2.45) is 0 Å². The Balaban J connectivity index is 2.89. The summed E-state index contributed by atoms with van der Waals surface area (Å²) in [5.74, 6) is 0.0195. The van der Waals surface area contributed by atoms with Crippen LogP contribution in [0.15, 0.2) is 16.7 Å². The lowest BCUT2D eigenvalue weighted by atomic mass is 10.3. The Morgan fingerprint density at radius 1 is 1.60 bits per heavy atom. The quantitative estimate of drug-likeness (QED) is 0.791. The molecule has 0 atom stereocenters. The topological polar surface area (TPSA) is 48.4 Å². The molecule has 5 heteroatoms. The third-order valence-electron chi connectivity index (χ3n) is 1.69. The summed E-state index contributed by atoms with van der Waals surface area (Å²) >= 11 is 3.22. The van der Waals surface area contributed by atoms with Gasteiger partial charge < -0.3 is 9.47 Å². The molecule has 0 bridgehead atoms. The van der Waals surface area contributed by atoms with Gasteiger partial charge in [0.15, 0.2) is 0 Å². The number of aromatic nitrogens is 1. The van der Waals surface area contributed by atoms with Gasteiger partial charge >= 0.3 is 5.97 Å². The Labute approximate surface area is 96.7 Å². The predicted molar refractivity (Wildman–Crippen MR) is 59.1 cm³/mol. The van der Waals surface area contributed by atoms with Crippen molar-refractivity contribution < 1.29 is 14.3 Å².